The van der Waals surface area contributed by atoms with E-state index in [4.69, 9.17) is 10.2 Å². The Bertz CT molecular complexity index is 628. The van der Waals surface area contributed by atoms with Crippen molar-refractivity contribution in [3.8, 4) is 11.5 Å². The predicted octanol–water partition coefficient (Wildman–Crippen LogP) is 2.60. The van der Waals surface area contributed by atoms with Crippen LogP contribution in [0, 0.1) is 0 Å². The van der Waals surface area contributed by atoms with E-state index in [0.29, 0.717) is 11.6 Å². The lowest BCUT2D eigenvalue weighted by Gasteiger charge is -2.08. The van der Waals surface area contributed by atoms with Gasteiger partial charge in [-0.2, -0.15) is 4.79 Å². The van der Waals surface area contributed by atoms with Crippen LogP contribution in [0.3, 0.4) is 0 Å². The minimum absolute atomic E-state index is 0.435. The molecule has 3 N–H and O–H groups in total. The number of aromatic nitrogens is 2. The van der Waals surface area contributed by atoms with E-state index in [1.807, 2.05) is 42.5 Å². The molecule has 3 rings (SSSR count). The summed E-state index contributed by atoms with van der Waals surface area (Å²) in [6, 6.07) is 15.2. The first-order valence-corrected chi connectivity index (χ1v) is 5.54. The van der Waals surface area contributed by atoms with E-state index in [-0.39, 0.29) is 0 Å². The summed E-state index contributed by atoms with van der Waals surface area (Å²) in [5, 5.41) is 4.19. The fourth-order valence-electron chi connectivity index (χ4n) is 1.72. The van der Waals surface area contributed by atoms with Crippen molar-refractivity contribution < 1.29 is 4.42 Å². The van der Waals surface area contributed by atoms with Crippen molar-refractivity contribution in [3.05, 3.63) is 54.8 Å². The van der Waals surface area contributed by atoms with Crippen molar-refractivity contribution in [2.24, 2.45) is 0 Å². The molecule has 0 aliphatic heterocycles. The van der Waals surface area contributed by atoms with Crippen LogP contribution >= 0.6 is 0 Å². The molecule has 2 heterocycles. The van der Waals surface area contributed by atoms with Gasteiger partial charge in [-0.15, -0.1) is 5.10 Å². The van der Waals surface area contributed by atoms with E-state index in [0.717, 1.165) is 11.4 Å². The number of para-hydroxylation sites is 1. The van der Waals surface area contributed by atoms with E-state index in [9.17, 15) is 0 Å². The molecular formula is C13H12N4O. The van der Waals surface area contributed by atoms with E-state index in [1.54, 1.807) is 17.1 Å². The predicted molar refractivity (Wildman–Crippen MR) is 69.8 cm³/mol. The third-order valence-corrected chi connectivity index (χ3v) is 2.51. The van der Waals surface area contributed by atoms with Crippen LogP contribution < -0.4 is 11.2 Å². The molecule has 0 aliphatic rings. The Kier molecular flexibility index (Phi) is 2.49. The number of anilines is 2. The van der Waals surface area contributed by atoms with Crippen molar-refractivity contribution in [3.63, 3.8) is 0 Å². The first-order chi connectivity index (χ1) is 8.83. The molecule has 18 heavy (non-hydrogen) atoms. The van der Waals surface area contributed by atoms with Gasteiger partial charge < -0.3 is 10.2 Å². The molecule has 0 fully saturated rings. The number of nitrogens with two attached hydrogens (primary N) is 1. The Labute approximate surface area is 104 Å². The lowest BCUT2D eigenvalue weighted by atomic mass is 10.3. The third-order valence-electron chi connectivity index (χ3n) is 2.51. The number of hydrogen-bond acceptors (Lipinski definition) is 4. The van der Waals surface area contributed by atoms with Crippen molar-refractivity contribution in [2.75, 3.05) is 11.2 Å². The molecule has 0 atom stereocenters. The van der Waals surface area contributed by atoms with Gasteiger partial charge in [0.2, 0.25) is 0 Å². The van der Waals surface area contributed by atoms with Gasteiger partial charge in [-0.25, -0.2) is 0 Å². The van der Waals surface area contributed by atoms with Crippen molar-refractivity contribution in [2.45, 2.75) is 0 Å². The standard InChI is InChI=1S/C13H12N4O/c14-13-9-11(12-7-4-8-18-12)17(16-13)15-10-5-2-1-3-6-10/h1-9,15H,(H2,14,16). The van der Waals surface area contributed by atoms with Crippen LogP contribution in [0.1, 0.15) is 0 Å². The molecule has 2 aromatic heterocycles. The second-order valence-corrected chi connectivity index (χ2v) is 3.82. The number of benzene rings is 1. The maximum Gasteiger partial charge on any atom is 0.154 e. The molecule has 0 saturated heterocycles. The number of rotatable bonds is 3. The van der Waals surface area contributed by atoms with Crippen LogP contribution in [0.15, 0.2) is 59.2 Å². The maximum absolute atomic E-state index is 5.73. The highest BCUT2D eigenvalue weighted by Crippen LogP contribution is 2.22. The quantitative estimate of drug-likeness (QED) is 0.738. The van der Waals surface area contributed by atoms with Gasteiger partial charge in [0, 0.05) is 6.07 Å². The van der Waals surface area contributed by atoms with E-state index >= 15 is 0 Å². The van der Waals surface area contributed by atoms with Crippen LogP contribution in [0.25, 0.3) is 11.5 Å². The summed E-state index contributed by atoms with van der Waals surface area (Å²) in [6.07, 6.45) is 1.62. The van der Waals surface area contributed by atoms with Gasteiger partial charge in [0.05, 0.1) is 12.0 Å². The molecular weight excluding hydrogens is 228 g/mol. The third kappa shape index (κ3) is 1.93. The molecule has 3 aromatic rings. The van der Waals surface area contributed by atoms with Crippen LogP contribution in [0.2, 0.25) is 0 Å². The number of furan rings is 1. The zero-order valence-electron chi connectivity index (χ0n) is 9.58. The summed E-state index contributed by atoms with van der Waals surface area (Å²) < 4.78 is 5.35. The highest BCUT2D eigenvalue weighted by molar-refractivity contribution is 5.58. The minimum atomic E-state index is 0.435. The number of nitrogen functional groups attached to an aromatic ring is 1. The van der Waals surface area contributed by atoms with Crippen LogP contribution in [0.4, 0.5) is 11.5 Å². The number of nitrogens with one attached hydrogen (secondary N) is 1. The van der Waals surface area contributed by atoms with Crippen LogP contribution in [-0.4, -0.2) is 9.89 Å². The number of nitrogens with zero attached hydrogens (tertiary/aromatic N) is 2. The highest BCUT2D eigenvalue weighted by atomic mass is 16.3. The fraction of sp³-hybridized carbons (Fsp3) is 0. The van der Waals surface area contributed by atoms with Crippen molar-refractivity contribution >= 4 is 11.5 Å². The molecule has 5 heteroatoms. The molecule has 90 valence electrons. The van der Waals surface area contributed by atoms with Gasteiger partial charge in [-0.05, 0) is 24.3 Å². The smallest absolute Gasteiger partial charge is 0.154 e. The average Bonchev–Trinajstić information content (AvgIpc) is 3.00. The molecule has 0 unspecified atom stereocenters. The van der Waals surface area contributed by atoms with E-state index in [2.05, 4.69) is 10.5 Å². The maximum atomic E-state index is 5.73. The monoisotopic (exact) mass is 240 g/mol. The van der Waals surface area contributed by atoms with E-state index < -0.39 is 0 Å². The van der Waals surface area contributed by atoms with Gasteiger partial charge >= 0.3 is 0 Å². The van der Waals surface area contributed by atoms with Crippen molar-refractivity contribution in [1.29, 1.82) is 0 Å². The summed E-state index contributed by atoms with van der Waals surface area (Å²) in [5.41, 5.74) is 10.6. The zero-order valence-corrected chi connectivity index (χ0v) is 9.58. The topological polar surface area (TPSA) is 69.0 Å². The molecule has 5 nitrogen and oxygen atoms in total. The van der Waals surface area contributed by atoms with Gasteiger partial charge in [-0.3, -0.25) is 5.43 Å². The number of hydrogen-bond donors (Lipinski definition) is 2. The SMILES string of the molecule is Nc1cc(-c2ccco2)n(Nc2ccccc2)n1. The molecule has 0 aliphatic carbocycles. The second-order valence-electron chi connectivity index (χ2n) is 3.82. The van der Waals surface area contributed by atoms with Gasteiger partial charge in [-0.1, -0.05) is 18.2 Å². The lowest BCUT2D eigenvalue weighted by molar-refractivity contribution is 0.575. The Morgan fingerprint density at radius 1 is 1.11 bits per heavy atom. The molecule has 0 bridgehead atoms. The summed E-state index contributed by atoms with van der Waals surface area (Å²) in [5.74, 6) is 1.15. The summed E-state index contributed by atoms with van der Waals surface area (Å²) in [6.45, 7) is 0. The van der Waals surface area contributed by atoms with Crippen LogP contribution in [0.5, 0.6) is 0 Å². The summed E-state index contributed by atoms with van der Waals surface area (Å²) in [7, 11) is 0. The summed E-state index contributed by atoms with van der Waals surface area (Å²) >= 11 is 0. The first-order valence-electron chi connectivity index (χ1n) is 5.54. The van der Waals surface area contributed by atoms with Gasteiger partial charge in [0.25, 0.3) is 0 Å². The van der Waals surface area contributed by atoms with Crippen molar-refractivity contribution in [1.82, 2.24) is 9.89 Å². The zero-order chi connectivity index (χ0) is 12.4. The first kappa shape index (κ1) is 10.5. The molecule has 0 spiro atoms. The average molecular weight is 240 g/mol. The Morgan fingerprint density at radius 2 is 1.94 bits per heavy atom. The Balaban J connectivity index is 1.98. The highest BCUT2D eigenvalue weighted by Gasteiger charge is 2.10. The minimum Gasteiger partial charge on any atom is -0.463 e. The fourth-order valence-corrected chi connectivity index (χ4v) is 1.72. The summed E-state index contributed by atoms with van der Waals surface area (Å²) in [4.78, 5) is 1.60. The lowest BCUT2D eigenvalue weighted by Crippen LogP contribution is -2.12. The molecule has 0 amide bonds. The largest absolute Gasteiger partial charge is 0.463 e. The van der Waals surface area contributed by atoms with E-state index in [1.165, 1.54) is 0 Å². The molecule has 1 aromatic carbocycles. The Morgan fingerprint density at radius 3 is 2.67 bits per heavy atom. The molecule has 0 radical (unpaired) electrons. The van der Waals surface area contributed by atoms with Gasteiger partial charge in [0.15, 0.2) is 5.76 Å². The van der Waals surface area contributed by atoms with Crippen LogP contribution in [-0.2, 0) is 0 Å². The van der Waals surface area contributed by atoms with Gasteiger partial charge in [0.1, 0.15) is 11.5 Å². The Hall–Kier alpha value is -2.69. The second kappa shape index (κ2) is 4.29. The normalized spacial score (nSPS) is 10.4. The molecule has 0 saturated carbocycles.